The first-order chi connectivity index (χ1) is 14.2. The van der Waals surface area contributed by atoms with E-state index in [0.717, 1.165) is 24.1 Å². The summed E-state index contributed by atoms with van der Waals surface area (Å²) in [6.45, 7) is 2.77. The number of hydrogen-bond acceptors (Lipinski definition) is 6. The first kappa shape index (κ1) is 19.0. The zero-order valence-corrected chi connectivity index (χ0v) is 16.5. The van der Waals surface area contributed by atoms with Crippen LogP contribution in [0.4, 0.5) is 0 Å². The highest BCUT2D eigenvalue weighted by molar-refractivity contribution is 5.92. The van der Waals surface area contributed by atoms with E-state index in [2.05, 4.69) is 9.97 Å². The molecule has 3 aromatic rings. The molecule has 0 spiro atoms. The van der Waals surface area contributed by atoms with Crippen molar-refractivity contribution in [3.8, 4) is 11.5 Å². The molecule has 0 bridgehead atoms. The molecule has 1 aromatic carbocycles. The smallest absolute Gasteiger partial charge is 0.276 e. The van der Waals surface area contributed by atoms with E-state index in [-0.39, 0.29) is 24.2 Å². The van der Waals surface area contributed by atoms with Gasteiger partial charge in [-0.05, 0) is 49.6 Å². The first-order valence-corrected chi connectivity index (χ1v) is 9.59. The summed E-state index contributed by atoms with van der Waals surface area (Å²) in [5.41, 5.74) is 2.26. The highest BCUT2D eigenvalue weighted by Crippen LogP contribution is 2.32. The number of likely N-dealkylation sites (tertiary alicyclic amines) is 1. The third kappa shape index (κ3) is 4.08. The lowest BCUT2D eigenvalue weighted by atomic mass is 10.1. The van der Waals surface area contributed by atoms with Crippen molar-refractivity contribution in [2.45, 2.75) is 32.4 Å². The monoisotopic (exact) mass is 393 g/mol. The Balaban J connectivity index is 1.44. The van der Waals surface area contributed by atoms with Gasteiger partial charge in [0.25, 0.3) is 5.91 Å². The molecule has 0 N–H and O–H groups in total. The molecular formula is C22H23N3O4. The van der Waals surface area contributed by atoms with Gasteiger partial charge in [-0.3, -0.25) is 9.78 Å². The first-order valence-electron chi connectivity index (χ1n) is 9.59. The SMILES string of the molecule is COc1cc(C)ccc1OCc1nc(C(=O)N2CCCC2c2ccccn2)co1. The summed E-state index contributed by atoms with van der Waals surface area (Å²) in [4.78, 5) is 23.5. The summed E-state index contributed by atoms with van der Waals surface area (Å²) in [5, 5.41) is 0. The van der Waals surface area contributed by atoms with Crippen LogP contribution in [-0.2, 0) is 6.61 Å². The molecule has 150 valence electrons. The van der Waals surface area contributed by atoms with Crippen LogP contribution in [-0.4, -0.2) is 34.4 Å². The van der Waals surface area contributed by atoms with Gasteiger partial charge in [0.15, 0.2) is 23.8 Å². The number of carbonyl (C=O) groups excluding carboxylic acids is 1. The number of methoxy groups -OCH3 is 1. The molecule has 4 rings (SSSR count). The number of carbonyl (C=O) groups is 1. The zero-order chi connectivity index (χ0) is 20.2. The van der Waals surface area contributed by atoms with E-state index in [0.29, 0.717) is 23.9 Å². The maximum absolute atomic E-state index is 13.0. The molecule has 3 heterocycles. The molecule has 2 aromatic heterocycles. The molecule has 29 heavy (non-hydrogen) atoms. The van der Waals surface area contributed by atoms with Crippen LogP contribution in [0.15, 0.2) is 53.3 Å². The number of hydrogen-bond donors (Lipinski definition) is 0. The molecule has 1 amide bonds. The van der Waals surface area contributed by atoms with E-state index in [1.54, 1.807) is 13.3 Å². The topological polar surface area (TPSA) is 77.7 Å². The molecule has 7 nitrogen and oxygen atoms in total. The molecule has 1 atom stereocenters. The minimum absolute atomic E-state index is 0.0306. The Morgan fingerprint density at radius 3 is 2.97 bits per heavy atom. The number of amides is 1. The van der Waals surface area contributed by atoms with E-state index >= 15 is 0 Å². The molecule has 1 aliphatic rings. The van der Waals surface area contributed by atoms with Crippen LogP contribution >= 0.6 is 0 Å². The Morgan fingerprint density at radius 2 is 2.17 bits per heavy atom. The molecular weight excluding hydrogens is 370 g/mol. The largest absolute Gasteiger partial charge is 0.493 e. The van der Waals surface area contributed by atoms with Crippen LogP contribution in [0.25, 0.3) is 0 Å². The second kappa shape index (κ2) is 8.34. The lowest BCUT2D eigenvalue weighted by Crippen LogP contribution is -2.31. The molecule has 1 unspecified atom stereocenters. The Bertz CT molecular complexity index is 987. The van der Waals surface area contributed by atoms with Gasteiger partial charge in [0.2, 0.25) is 5.89 Å². The normalized spacial score (nSPS) is 16.1. The van der Waals surface area contributed by atoms with Gasteiger partial charge < -0.3 is 18.8 Å². The summed E-state index contributed by atoms with van der Waals surface area (Å²) in [6, 6.07) is 11.4. The molecule has 1 saturated heterocycles. The molecule has 1 aliphatic heterocycles. The van der Waals surface area contributed by atoms with Gasteiger partial charge in [0.1, 0.15) is 6.26 Å². The van der Waals surface area contributed by atoms with Crippen molar-refractivity contribution in [2.75, 3.05) is 13.7 Å². The van der Waals surface area contributed by atoms with Crippen LogP contribution in [0, 0.1) is 6.92 Å². The highest BCUT2D eigenvalue weighted by atomic mass is 16.5. The number of aryl methyl sites for hydroxylation is 1. The maximum atomic E-state index is 13.0. The molecule has 0 radical (unpaired) electrons. The predicted octanol–water partition coefficient (Wildman–Crippen LogP) is 3.94. The molecule has 0 aliphatic carbocycles. The van der Waals surface area contributed by atoms with Crippen molar-refractivity contribution in [1.82, 2.24) is 14.9 Å². The van der Waals surface area contributed by atoms with Gasteiger partial charge in [0, 0.05) is 12.7 Å². The van der Waals surface area contributed by atoms with E-state index in [1.165, 1.54) is 6.26 Å². The van der Waals surface area contributed by atoms with Crippen LogP contribution in [0.3, 0.4) is 0 Å². The van der Waals surface area contributed by atoms with Gasteiger partial charge in [-0.1, -0.05) is 12.1 Å². The third-order valence-electron chi connectivity index (χ3n) is 4.98. The number of nitrogens with zero attached hydrogens (tertiary/aromatic N) is 3. The summed E-state index contributed by atoms with van der Waals surface area (Å²) >= 11 is 0. The fourth-order valence-corrected chi connectivity index (χ4v) is 3.55. The van der Waals surface area contributed by atoms with Gasteiger partial charge >= 0.3 is 0 Å². The third-order valence-corrected chi connectivity index (χ3v) is 4.98. The van der Waals surface area contributed by atoms with Crippen molar-refractivity contribution in [3.05, 3.63) is 71.7 Å². The highest BCUT2D eigenvalue weighted by Gasteiger charge is 2.32. The standard InChI is InChI=1S/C22H23N3O4/c1-15-8-9-19(20(12-15)27-2)28-14-21-24-17(13-29-21)22(26)25-11-5-7-18(25)16-6-3-4-10-23-16/h3-4,6,8-10,12-13,18H,5,7,11,14H2,1-2H3. The van der Waals surface area contributed by atoms with Crippen LogP contribution in [0.5, 0.6) is 11.5 Å². The maximum Gasteiger partial charge on any atom is 0.276 e. The van der Waals surface area contributed by atoms with Crippen molar-refractivity contribution in [2.24, 2.45) is 0 Å². The fraction of sp³-hybridized carbons (Fsp3) is 0.318. The van der Waals surface area contributed by atoms with Crippen LogP contribution in [0.2, 0.25) is 0 Å². The summed E-state index contributed by atoms with van der Waals surface area (Å²) in [5.74, 6) is 1.42. The molecule has 0 saturated carbocycles. The average Bonchev–Trinajstić information content (AvgIpc) is 3.43. The summed E-state index contributed by atoms with van der Waals surface area (Å²) in [6.07, 6.45) is 4.97. The lowest BCUT2D eigenvalue weighted by Gasteiger charge is -2.23. The Hall–Kier alpha value is -3.35. The number of rotatable bonds is 6. The van der Waals surface area contributed by atoms with Crippen LogP contribution < -0.4 is 9.47 Å². The predicted molar refractivity (Wildman–Crippen MR) is 106 cm³/mol. The summed E-state index contributed by atoms with van der Waals surface area (Å²) < 4.78 is 16.6. The van der Waals surface area contributed by atoms with Crippen molar-refractivity contribution in [1.29, 1.82) is 0 Å². The van der Waals surface area contributed by atoms with E-state index in [9.17, 15) is 4.79 Å². The lowest BCUT2D eigenvalue weighted by molar-refractivity contribution is 0.0727. The van der Waals surface area contributed by atoms with Crippen LogP contribution in [0.1, 0.15) is 46.5 Å². The van der Waals surface area contributed by atoms with E-state index in [1.807, 2.05) is 48.2 Å². The Kier molecular flexibility index (Phi) is 5.46. The van der Waals surface area contributed by atoms with Gasteiger partial charge in [-0.15, -0.1) is 0 Å². The summed E-state index contributed by atoms with van der Waals surface area (Å²) in [7, 11) is 1.59. The van der Waals surface area contributed by atoms with Gasteiger partial charge in [-0.25, -0.2) is 4.98 Å². The second-order valence-corrected chi connectivity index (χ2v) is 6.98. The van der Waals surface area contributed by atoms with Crippen molar-refractivity contribution >= 4 is 5.91 Å². The number of ether oxygens (including phenoxy) is 2. The number of benzene rings is 1. The zero-order valence-electron chi connectivity index (χ0n) is 16.5. The van der Waals surface area contributed by atoms with Crippen molar-refractivity contribution < 1.29 is 18.7 Å². The van der Waals surface area contributed by atoms with E-state index in [4.69, 9.17) is 13.9 Å². The van der Waals surface area contributed by atoms with Crippen molar-refractivity contribution in [3.63, 3.8) is 0 Å². The number of aromatic nitrogens is 2. The Morgan fingerprint density at radius 1 is 1.28 bits per heavy atom. The quantitative estimate of drug-likeness (QED) is 0.631. The van der Waals surface area contributed by atoms with E-state index < -0.39 is 0 Å². The fourth-order valence-electron chi connectivity index (χ4n) is 3.55. The minimum Gasteiger partial charge on any atom is -0.493 e. The number of oxazole rings is 1. The minimum atomic E-state index is -0.152. The van der Waals surface area contributed by atoms with Gasteiger partial charge in [0.05, 0.1) is 18.8 Å². The van der Waals surface area contributed by atoms with Gasteiger partial charge in [-0.2, -0.15) is 0 Å². The second-order valence-electron chi connectivity index (χ2n) is 6.98. The Labute approximate surface area is 169 Å². The molecule has 7 heteroatoms. The average molecular weight is 393 g/mol. The molecule has 1 fully saturated rings. The number of pyridine rings is 1.